The molecule has 0 radical (unpaired) electrons. The number of halogens is 2. The summed E-state index contributed by atoms with van der Waals surface area (Å²) < 4.78 is 26.8. The van der Waals surface area contributed by atoms with Crippen LogP contribution in [0.5, 0.6) is 0 Å². The van der Waals surface area contributed by atoms with Gasteiger partial charge in [0.25, 0.3) is 0 Å². The van der Waals surface area contributed by atoms with Crippen molar-refractivity contribution < 1.29 is 8.78 Å². The van der Waals surface area contributed by atoms with E-state index in [0.717, 1.165) is 37.9 Å². The van der Waals surface area contributed by atoms with Crippen molar-refractivity contribution in [3.63, 3.8) is 0 Å². The van der Waals surface area contributed by atoms with E-state index >= 15 is 0 Å². The third kappa shape index (κ3) is 3.31. The summed E-state index contributed by atoms with van der Waals surface area (Å²) in [6.07, 6.45) is 3.47. The predicted octanol–water partition coefficient (Wildman–Crippen LogP) is 3.09. The monoisotopic (exact) mass is 268 g/mol. The van der Waals surface area contributed by atoms with Crippen LogP contribution in [0.1, 0.15) is 37.8 Å². The highest BCUT2D eigenvalue weighted by Crippen LogP contribution is 2.29. The number of hydrogen-bond acceptors (Lipinski definition) is 2. The third-order valence-corrected chi connectivity index (χ3v) is 4.21. The summed E-state index contributed by atoms with van der Waals surface area (Å²) in [4.78, 5) is 2.22. The first kappa shape index (κ1) is 14.4. The maximum absolute atomic E-state index is 13.9. The molecule has 19 heavy (non-hydrogen) atoms. The van der Waals surface area contributed by atoms with Gasteiger partial charge in [0, 0.05) is 24.2 Å². The number of likely N-dealkylation sites (tertiary alicyclic amines) is 1. The molecule has 2 rings (SSSR count). The lowest BCUT2D eigenvalue weighted by Crippen LogP contribution is -2.40. The Balaban J connectivity index is 2.12. The lowest BCUT2D eigenvalue weighted by molar-refractivity contribution is 0.131. The average molecular weight is 268 g/mol. The van der Waals surface area contributed by atoms with Crippen molar-refractivity contribution >= 4 is 0 Å². The number of piperidine rings is 1. The molecule has 4 heteroatoms. The molecule has 1 aromatic carbocycles. The second-order valence-corrected chi connectivity index (χ2v) is 5.30. The van der Waals surface area contributed by atoms with Gasteiger partial charge >= 0.3 is 0 Å². The Morgan fingerprint density at radius 1 is 1.32 bits per heavy atom. The molecule has 2 nitrogen and oxygen atoms in total. The molecule has 1 heterocycles. The molecule has 1 unspecified atom stereocenters. The molecule has 0 amide bonds. The van der Waals surface area contributed by atoms with Crippen molar-refractivity contribution in [1.82, 2.24) is 4.90 Å². The van der Waals surface area contributed by atoms with Crippen molar-refractivity contribution in [3.8, 4) is 0 Å². The quantitative estimate of drug-likeness (QED) is 0.909. The summed E-state index contributed by atoms with van der Waals surface area (Å²) >= 11 is 0. The summed E-state index contributed by atoms with van der Waals surface area (Å²) in [7, 11) is 0. The van der Waals surface area contributed by atoms with Crippen LogP contribution in [-0.2, 0) is 0 Å². The van der Waals surface area contributed by atoms with E-state index in [2.05, 4.69) is 11.8 Å². The van der Waals surface area contributed by atoms with E-state index < -0.39 is 11.6 Å². The fourth-order valence-corrected chi connectivity index (χ4v) is 2.92. The normalized spacial score (nSPS) is 19.6. The van der Waals surface area contributed by atoms with Crippen LogP contribution in [0.2, 0.25) is 0 Å². The van der Waals surface area contributed by atoms with E-state index in [1.165, 1.54) is 18.6 Å². The lowest BCUT2D eigenvalue weighted by atomic mass is 9.92. The minimum atomic E-state index is -0.540. The first-order chi connectivity index (χ1) is 9.15. The Bertz CT molecular complexity index is 415. The minimum Gasteiger partial charge on any atom is -0.329 e. The fourth-order valence-electron chi connectivity index (χ4n) is 2.92. The molecule has 106 valence electrons. The summed E-state index contributed by atoms with van der Waals surface area (Å²) in [5.74, 6) is -0.262. The van der Waals surface area contributed by atoms with Gasteiger partial charge in [-0.3, -0.25) is 4.90 Å². The number of benzene rings is 1. The van der Waals surface area contributed by atoms with Gasteiger partial charge in [-0.2, -0.15) is 0 Å². The fraction of sp³-hybridized carbons (Fsp3) is 0.600. The maximum atomic E-state index is 13.9. The number of hydrogen-bond donors (Lipinski definition) is 1. The average Bonchev–Trinajstić information content (AvgIpc) is 2.42. The van der Waals surface area contributed by atoms with E-state index in [0.29, 0.717) is 12.1 Å². The molecule has 0 aromatic heterocycles. The molecule has 1 aliphatic rings. The molecular formula is C15H22F2N2. The van der Waals surface area contributed by atoms with E-state index in [-0.39, 0.29) is 6.04 Å². The van der Waals surface area contributed by atoms with Gasteiger partial charge in [-0.1, -0.05) is 19.4 Å². The number of nitrogens with two attached hydrogens (primary N) is 1. The third-order valence-electron chi connectivity index (χ3n) is 4.21. The minimum absolute atomic E-state index is 0.140. The summed E-state index contributed by atoms with van der Waals surface area (Å²) in [6.45, 7) is 4.45. The Morgan fingerprint density at radius 3 is 2.53 bits per heavy atom. The van der Waals surface area contributed by atoms with Crippen molar-refractivity contribution in [1.29, 1.82) is 0 Å². The van der Waals surface area contributed by atoms with Gasteiger partial charge in [0.2, 0.25) is 0 Å². The molecule has 1 aromatic rings. The standard InChI is InChI=1S/C15H22F2N2/c1-2-11-5-7-19(8-6-11)15(10-18)13-4-3-12(16)9-14(13)17/h3-4,9,11,15H,2,5-8,10,18H2,1H3. The predicted molar refractivity (Wildman–Crippen MR) is 72.7 cm³/mol. The van der Waals surface area contributed by atoms with Crippen LogP contribution >= 0.6 is 0 Å². The highest BCUT2D eigenvalue weighted by molar-refractivity contribution is 5.22. The van der Waals surface area contributed by atoms with Crippen molar-refractivity contribution in [2.45, 2.75) is 32.2 Å². The molecule has 0 saturated carbocycles. The van der Waals surface area contributed by atoms with Crippen LogP contribution in [0.15, 0.2) is 18.2 Å². The molecule has 1 aliphatic heterocycles. The first-order valence-electron chi connectivity index (χ1n) is 7.04. The molecule has 0 bridgehead atoms. The second kappa shape index (κ2) is 6.44. The van der Waals surface area contributed by atoms with Gasteiger partial charge in [-0.15, -0.1) is 0 Å². The van der Waals surface area contributed by atoms with Crippen molar-refractivity contribution in [2.75, 3.05) is 19.6 Å². The van der Waals surface area contributed by atoms with Gasteiger partial charge in [0.15, 0.2) is 0 Å². The molecular weight excluding hydrogens is 246 g/mol. The van der Waals surface area contributed by atoms with Crippen LogP contribution in [0.25, 0.3) is 0 Å². The van der Waals surface area contributed by atoms with Gasteiger partial charge in [0.1, 0.15) is 11.6 Å². The molecule has 1 saturated heterocycles. The zero-order valence-corrected chi connectivity index (χ0v) is 11.4. The Kier molecular flexibility index (Phi) is 4.88. The number of rotatable bonds is 4. The first-order valence-corrected chi connectivity index (χ1v) is 7.04. The Hall–Kier alpha value is -1.00. The van der Waals surface area contributed by atoms with Crippen LogP contribution < -0.4 is 5.73 Å². The molecule has 1 atom stereocenters. The summed E-state index contributed by atoms with van der Waals surface area (Å²) in [6, 6.07) is 3.63. The largest absolute Gasteiger partial charge is 0.329 e. The van der Waals surface area contributed by atoms with E-state index in [1.807, 2.05) is 0 Å². The molecule has 1 fully saturated rings. The molecule has 2 N–H and O–H groups in total. The van der Waals surface area contributed by atoms with E-state index in [1.54, 1.807) is 0 Å². The van der Waals surface area contributed by atoms with Gasteiger partial charge < -0.3 is 5.73 Å². The van der Waals surface area contributed by atoms with Gasteiger partial charge in [0.05, 0.1) is 0 Å². The zero-order chi connectivity index (χ0) is 13.8. The van der Waals surface area contributed by atoms with Crippen LogP contribution in [0.4, 0.5) is 8.78 Å². The van der Waals surface area contributed by atoms with Crippen LogP contribution in [0, 0.1) is 17.6 Å². The Morgan fingerprint density at radius 2 is 2.00 bits per heavy atom. The second-order valence-electron chi connectivity index (χ2n) is 5.30. The van der Waals surface area contributed by atoms with E-state index in [4.69, 9.17) is 5.73 Å². The van der Waals surface area contributed by atoms with Gasteiger partial charge in [-0.05, 0) is 37.9 Å². The van der Waals surface area contributed by atoms with Crippen molar-refractivity contribution in [3.05, 3.63) is 35.4 Å². The van der Waals surface area contributed by atoms with Gasteiger partial charge in [-0.25, -0.2) is 8.78 Å². The van der Waals surface area contributed by atoms with Crippen LogP contribution in [0.3, 0.4) is 0 Å². The summed E-state index contributed by atoms with van der Waals surface area (Å²) in [5, 5.41) is 0. The number of nitrogens with zero attached hydrogens (tertiary/aromatic N) is 1. The van der Waals surface area contributed by atoms with E-state index in [9.17, 15) is 8.78 Å². The maximum Gasteiger partial charge on any atom is 0.130 e. The van der Waals surface area contributed by atoms with Crippen LogP contribution in [-0.4, -0.2) is 24.5 Å². The SMILES string of the molecule is CCC1CCN(C(CN)c2ccc(F)cc2F)CC1. The van der Waals surface area contributed by atoms with Crippen molar-refractivity contribution in [2.24, 2.45) is 11.7 Å². The Labute approximate surface area is 113 Å². The topological polar surface area (TPSA) is 29.3 Å². The highest BCUT2D eigenvalue weighted by Gasteiger charge is 2.26. The molecule has 0 aliphatic carbocycles. The lowest BCUT2D eigenvalue weighted by Gasteiger charge is -2.37. The highest BCUT2D eigenvalue weighted by atomic mass is 19.1. The summed E-state index contributed by atoms with van der Waals surface area (Å²) in [5.41, 5.74) is 6.32. The smallest absolute Gasteiger partial charge is 0.130 e. The molecule has 0 spiro atoms. The zero-order valence-electron chi connectivity index (χ0n) is 11.4.